The molecule has 1 heterocycles. The number of carbonyl (C=O) groups excluding carboxylic acids is 1. The average molecular weight is 278 g/mol. The Bertz CT molecular complexity index is 681. The van der Waals surface area contributed by atoms with E-state index < -0.39 is 17.6 Å². The van der Waals surface area contributed by atoms with Crippen LogP contribution in [0.5, 0.6) is 0 Å². The molecule has 4 N–H and O–H groups in total. The van der Waals surface area contributed by atoms with E-state index in [9.17, 15) is 9.18 Å². The molecule has 0 aliphatic heterocycles. The van der Waals surface area contributed by atoms with Crippen LogP contribution in [0.25, 0.3) is 0 Å². The summed E-state index contributed by atoms with van der Waals surface area (Å²) in [5.74, 6) is -1.09. The number of halogens is 1. The number of aromatic nitrogens is 1. The smallest absolute Gasteiger partial charge is 0.277 e. The van der Waals surface area contributed by atoms with Crippen LogP contribution in [0.1, 0.15) is 21.8 Å². The monoisotopic (exact) mass is 278 g/mol. The molecule has 0 atom stereocenters. The highest BCUT2D eigenvalue weighted by atomic mass is 19.1. The van der Waals surface area contributed by atoms with Crippen molar-refractivity contribution in [1.82, 2.24) is 5.16 Å². The first-order valence-corrected chi connectivity index (χ1v) is 5.53. The van der Waals surface area contributed by atoms with Gasteiger partial charge in [0.05, 0.1) is 5.56 Å². The van der Waals surface area contributed by atoms with Crippen molar-refractivity contribution in [2.24, 2.45) is 10.9 Å². The maximum absolute atomic E-state index is 13.5. The highest BCUT2D eigenvalue weighted by Crippen LogP contribution is 2.15. The molecule has 0 bridgehead atoms. The molecule has 0 saturated heterocycles. The van der Waals surface area contributed by atoms with Gasteiger partial charge < -0.3 is 20.8 Å². The van der Waals surface area contributed by atoms with E-state index in [4.69, 9.17) is 15.5 Å². The third kappa shape index (κ3) is 2.74. The predicted molar refractivity (Wildman–Crippen MR) is 68.1 cm³/mol. The van der Waals surface area contributed by atoms with E-state index in [1.54, 1.807) is 6.92 Å². The fourth-order valence-corrected chi connectivity index (χ4v) is 1.52. The third-order valence-corrected chi connectivity index (χ3v) is 2.47. The van der Waals surface area contributed by atoms with Crippen molar-refractivity contribution >= 4 is 17.4 Å². The lowest BCUT2D eigenvalue weighted by Crippen LogP contribution is -2.17. The molecule has 0 aliphatic carbocycles. The quantitative estimate of drug-likeness (QED) is 0.340. The second-order valence-electron chi connectivity index (χ2n) is 3.96. The molecular weight excluding hydrogens is 267 g/mol. The Morgan fingerprint density at radius 3 is 2.85 bits per heavy atom. The van der Waals surface area contributed by atoms with Crippen LogP contribution in [-0.4, -0.2) is 22.1 Å². The average Bonchev–Trinajstić information content (AvgIpc) is 2.87. The van der Waals surface area contributed by atoms with Crippen molar-refractivity contribution in [3.05, 3.63) is 47.1 Å². The summed E-state index contributed by atoms with van der Waals surface area (Å²) in [6.07, 6.45) is 0. The summed E-state index contributed by atoms with van der Waals surface area (Å²) in [7, 11) is 0. The van der Waals surface area contributed by atoms with Gasteiger partial charge in [-0.3, -0.25) is 4.79 Å². The maximum atomic E-state index is 13.5. The van der Waals surface area contributed by atoms with Crippen LogP contribution in [0.15, 0.2) is 33.9 Å². The largest absolute Gasteiger partial charge is 0.409 e. The topological polar surface area (TPSA) is 114 Å². The van der Waals surface area contributed by atoms with Crippen LogP contribution in [0.2, 0.25) is 0 Å². The van der Waals surface area contributed by atoms with Gasteiger partial charge in [0.25, 0.3) is 5.91 Å². The first-order chi connectivity index (χ1) is 9.51. The summed E-state index contributed by atoms with van der Waals surface area (Å²) in [6.45, 7) is 1.65. The predicted octanol–water partition coefficient (Wildman–Crippen LogP) is 1.47. The third-order valence-electron chi connectivity index (χ3n) is 2.47. The first kappa shape index (κ1) is 13.5. The lowest BCUT2D eigenvalue weighted by Gasteiger charge is -2.06. The number of nitrogens with two attached hydrogens (primary N) is 1. The number of benzene rings is 1. The minimum Gasteiger partial charge on any atom is -0.409 e. The fourth-order valence-electron chi connectivity index (χ4n) is 1.52. The van der Waals surface area contributed by atoms with Gasteiger partial charge in [-0.25, -0.2) is 4.39 Å². The summed E-state index contributed by atoms with van der Waals surface area (Å²) in [5, 5.41) is 17.3. The van der Waals surface area contributed by atoms with E-state index in [0.29, 0.717) is 5.76 Å². The van der Waals surface area contributed by atoms with Gasteiger partial charge in [-0.05, 0) is 25.1 Å². The summed E-state index contributed by atoms with van der Waals surface area (Å²) in [4.78, 5) is 11.8. The van der Waals surface area contributed by atoms with Crippen molar-refractivity contribution in [1.29, 1.82) is 0 Å². The van der Waals surface area contributed by atoms with E-state index in [1.165, 1.54) is 18.2 Å². The zero-order valence-electron chi connectivity index (χ0n) is 10.4. The SMILES string of the molecule is Cc1cc(C(=O)Nc2ccc(F)c(C(N)=NO)c2)no1. The van der Waals surface area contributed by atoms with Gasteiger partial charge >= 0.3 is 0 Å². The second kappa shape index (κ2) is 5.39. The minimum absolute atomic E-state index is 0.0946. The zero-order valence-corrected chi connectivity index (χ0v) is 10.4. The van der Waals surface area contributed by atoms with Gasteiger partial charge in [0.2, 0.25) is 0 Å². The summed E-state index contributed by atoms with van der Waals surface area (Å²) < 4.78 is 18.2. The number of anilines is 1. The number of nitrogens with zero attached hydrogens (tertiary/aromatic N) is 2. The van der Waals surface area contributed by atoms with Gasteiger partial charge in [0.15, 0.2) is 11.5 Å². The van der Waals surface area contributed by atoms with Crippen LogP contribution in [-0.2, 0) is 0 Å². The molecule has 8 heteroatoms. The minimum atomic E-state index is -0.671. The summed E-state index contributed by atoms with van der Waals surface area (Å²) in [5.41, 5.74) is 5.58. The van der Waals surface area contributed by atoms with Gasteiger partial charge in [0.1, 0.15) is 11.6 Å². The normalized spacial score (nSPS) is 11.4. The van der Waals surface area contributed by atoms with E-state index in [1.807, 2.05) is 0 Å². The van der Waals surface area contributed by atoms with Crippen LogP contribution >= 0.6 is 0 Å². The highest BCUT2D eigenvalue weighted by Gasteiger charge is 2.13. The van der Waals surface area contributed by atoms with Crippen molar-refractivity contribution in [2.45, 2.75) is 6.92 Å². The Kier molecular flexibility index (Phi) is 3.65. The van der Waals surface area contributed by atoms with Crippen LogP contribution in [0.3, 0.4) is 0 Å². The molecule has 0 unspecified atom stereocenters. The molecular formula is C12H11FN4O3. The van der Waals surface area contributed by atoms with E-state index >= 15 is 0 Å². The highest BCUT2D eigenvalue weighted by molar-refractivity contribution is 6.04. The summed E-state index contributed by atoms with van der Waals surface area (Å²) >= 11 is 0. The van der Waals surface area contributed by atoms with Crippen LogP contribution in [0, 0.1) is 12.7 Å². The van der Waals surface area contributed by atoms with Crippen molar-refractivity contribution in [3.63, 3.8) is 0 Å². The Morgan fingerprint density at radius 2 is 2.25 bits per heavy atom. The number of hydrogen-bond acceptors (Lipinski definition) is 5. The first-order valence-electron chi connectivity index (χ1n) is 5.53. The molecule has 104 valence electrons. The van der Waals surface area contributed by atoms with Crippen molar-refractivity contribution in [3.8, 4) is 0 Å². The van der Waals surface area contributed by atoms with E-state index in [-0.39, 0.29) is 16.9 Å². The van der Waals surface area contributed by atoms with Gasteiger partial charge in [-0.2, -0.15) is 0 Å². The van der Waals surface area contributed by atoms with Crippen molar-refractivity contribution < 1.29 is 18.9 Å². The fraction of sp³-hybridized carbons (Fsp3) is 0.0833. The Hall–Kier alpha value is -2.90. The number of amidine groups is 1. The molecule has 1 amide bonds. The van der Waals surface area contributed by atoms with Gasteiger partial charge in [-0.1, -0.05) is 10.3 Å². The Labute approximate surface area is 112 Å². The second-order valence-corrected chi connectivity index (χ2v) is 3.96. The van der Waals surface area contributed by atoms with Crippen molar-refractivity contribution in [2.75, 3.05) is 5.32 Å². The molecule has 7 nitrogen and oxygen atoms in total. The van der Waals surface area contributed by atoms with Crippen LogP contribution < -0.4 is 11.1 Å². The van der Waals surface area contributed by atoms with E-state index in [0.717, 1.165) is 6.07 Å². The summed E-state index contributed by atoms with van der Waals surface area (Å²) in [6, 6.07) is 5.14. The number of carbonyl (C=O) groups is 1. The lowest BCUT2D eigenvalue weighted by atomic mass is 10.1. The number of aryl methyl sites for hydroxylation is 1. The van der Waals surface area contributed by atoms with Gasteiger partial charge in [0, 0.05) is 11.8 Å². The molecule has 2 rings (SSSR count). The number of hydrogen-bond donors (Lipinski definition) is 3. The van der Waals surface area contributed by atoms with Crippen LogP contribution in [0.4, 0.5) is 10.1 Å². The zero-order chi connectivity index (χ0) is 14.7. The molecule has 0 fully saturated rings. The molecule has 2 aromatic rings. The maximum Gasteiger partial charge on any atom is 0.277 e. The number of rotatable bonds is 3. The number of amides is 1. The Morgan fingerprint density at radius 1 is 1.50 bits per heavy atom. The molecule has 20 heavy (non-hydrogen) atoms. The molecule has 0 saturated carbocycles. The lowest BCUT2D eigenvalue weighted by molar-refractivity contribution is 0.101. The molecule has 1 aromatic heterocycles. The van der Waals surface area contributed by atoms with Gasteiger partial charge in [-0.15, -0.1) is 0 Å². The number of oxime groups is 1. The number of nitrogens with one attached hydrogen (secondary N) is 1. The molecule has 0 aliphatic rings. The molecule has 0 radical (unpaired) electrons. The molecule has 1 aromatic carbocycles. The Balaban J connectivity index is 2.24. The van der Waals surface area contributed by atoms with E-state index in [2.05, 4.69) is 15.6 Å². The standard InChI is InChI=1S/C12H11FN4O3/c1-6-4-10(17-20-6)12(18)15-7-2-3-9(13)8(5-7)11(14)16-19/h2-5,19H,1H3,(H2,14,16)(H,15,18). The molecule has 0 spiro atoms.